The Morgan fingerprint density at radius 2 is 0.760 bits per heavy atom. The molecule has 0 amide bonds. The summed E-state index contributed by atoms with van der Waals surface area (Å²) in [5, 5.41) is 8.67. The molecule has 0 aliphatic carbocycles. The Bertz CT molecular complexity index is 299. The van der Waals surface area contributed by atoms with Crippen LogP contribution in [0.3, 0.4) is 0 Å². The highest BCUT2D eigenvalue weighted by molar-refractivity contribution is 7.79. The third kappa shape index (κ3) is 45.3. The van der Waals surface area contributed by atoms with Gasteiger partial charge in [-0.2, -0.15) is 8.42 Å². The second kappa shape index (κ2) is 23.8. The number of hydrogen-bond donors (Lipinski definition) is 4. The smallest absolute Gasteiger partial charge is 0.394 e. The fraction of sp³-hybridized carbons (Fsp3) is 1.00. The molecular formula is C18H43NO5S. The zero-order valence-corrected chi connectivity index (χ0v) is 17.1. The molecule has 0 rings (SSSR count). The van der Waals surface area contributed by atoms with Gasteiger partial charge in [0.25, 0.3) is 0 Å². The topological polar surface area (TPSA) is 130 Å². The van der Waals surface area contributed by atoms with E-state index < -0.39 is 10.4 Å². The Labute approximate surface area is 156 Å². The van der Waals surface area contributed by atoms with Crippen molar-refractivity contribution in [2.75, 3.05) is 6.61 Å². The normalized spacial score (nSPS) is 10.7. The van der Waals surface area contributed by atoms with Gasteiger partial charge in [0.05, 0.1) is 0 Å². The van der Waals surface area contributed by atoms with Crippen molar-refractivity contribution in [1.29, 1.82) is 0 Å². The van der Waals surface area contributed by atoms with Gasteiger partial charge in [0.1, 0.15) is 0 Å². The molecule has 0 aliphatic heterocycles. The molecule has 0 atom stereocenters. The van der Waals surface area contributed by atoms with Crippen molar-refractivity contribution in [2.45, 2.75) is 110 Å². The SMILES string of the molecule is CCCCCCCCCCCCCCCCCCO.N.O=S(=O)(O)O. The number of rotatable bonds is 16. The van der Waals surface area contributed by atoms with E-state index >= 15 is 0 Å². The average Bonchev–Trinajstić information content (AvgIpc) is 2.49. The Hall–Kier alpha value is -0.210. The third-order valence-electron chi connectivity index (χ3n) is 4.01. The Morgan fingerprint density at radius 1 is 0.560 bits per heavy atom. The molecule has 0 spiro atoms. The first-order valence-electron chi connectivity index (χ1n) is 9.72. The Balaban J connectivity index is -0.000000704. The number of hydrogen-bond acceptors (Lipinski definition) is 4. The lowest BCUT2D eigenvalue weighted by Gasteiger charge is -2.03. The Morgan fingerprint density at radius 3 is 0.960 bits per heavy atom. The number of unbranched alkanes of at least 4 members (excludes halogenated alkanes) is 15. The van der Waals surface area contributed by atoms with E-state index in [0.717, 1.165) is 6.42 Å². The van der Waals surface area contributed by atoms with E-state index in [4.69, 9.17) is 22.6 Å². The summed E-state index contributed by atoms with van der Waals surface area (Å²) in [6.07, 6.45) is 22.2. The van der Waals surface area contributed by atoms with E-state index in [-0.39, 0.29) is 6.15 Å². The van der Waals surface area contributed by atoms with Crippen LogP contribution in [0.1, 0.15) is 110 Å². The van der Waals surface area contributed by atoms with Gasteiger partial charge in [0, 0.05) is 6.61 Å². The molecular weight excluding hydrogens is 342 g/mol. The first kappa shape index (κ1) is 29.5. The van der Waals surface area contributed by atoms with Crippen LogP contribution in [0.25, 0.3) is 0 Å². The maximum Gasteiger partial charge on any atom is 0.394 e. The van der Waals surface area contributed by atoms with Gasteiger partial charge in [-0.3, -0.25) is 9.11 Å². The molecule has 0 aromatic rings. The van der Waals surface area contributed by atoms with Crippen molar-refractivity contribution >= 4 is 10.4 Å². The predicted octanol–water partition coefficient (Wildman–Crippen LogP) is 5.75. The predicted molar refractivity (Wildman–Crippen MR) is 106 cm³/mol. The summed E-state index contributed by atoms with van der Waals surface area (Å²) in [6.45, 7) is 2.66. The number of aliphatic hydroxyl groups excluding tert-OH is 1. The molecule has 156 valence electrons. The van der Waals surface area contributed by atoms with E-state index in [9.17, 15) is 0 Å². The molecule has 6 nitrogen and oxygen atoms in total. The quantitative estimate of drug-likeness (QED) is 0.198. The average molecular weight is 386 g/mol. The fourth-order valence-corrected chi connectivity index (χ4v) is 2.66. The van der Waals surface area contributed by atoms with Crippen molar-refractivity contribution in [3.8, 4) is 0 Å². The largest absolute Gasteiger partial charge is 0.396 e. The van der Waals surface area contributed by atoms with Crippen LogP contribution in [0, 0.1) is 0 Å². The van der Waals surface area contributed by atoms with Crippen LogP contribution in [0.15, 0.2) is 0 Å². The van der Waals surface area contributed by atoms with E-state index in [1.54, 1.807) is 0 Å². The van der Waals surface area contributed by atoms with Gasteiger partial charge < -0.3 is 11.3 Å². The lowest BCUT2D eigenvalue weighted by atomic mass is 10.0. The molecule has 0 aromatic heterocycles. The van der Waals surface area contributed by atoms with E-state index in [2.05, 4.69) is 6.92 Å². The van der Waals surface area contributed by atoms with Crippen LogP contribution in [0.2, 0.25) is 0 Å². The van der Waals surface area contributed by atoms with E-state index in [1.165, 1.54) is 96.3 Å². The third-order valence-corrected chi connectivity index (χ3v) is 4.01. The van der Waals surface area contributed by atoms with Crippen LogP contribution in [0.4, 0.5) is 0 Å². The first-order valence-corrected chi connectivity index (χ1v) is 11.1. The fourth-order valence-electron chi connectivity index (χ4n) is 2.66. The van der Waals surface area contributed by atoms with Gasteiger partial charge in [-0.05, 0) is 6.42 Å². The van der Waals surface area contributed by atoms with Gasteiger partial charge in [-0.25, -0.2) is 0 Å². The maximum atomic E-state index is 8.74. The minimum Gasteiger partial charge on any atom is -0.396 e. The van der Waals surface area contributed by atoms with Crippen molar-refractivity contribution in [2.24, 2.45) is 0 Å². The summed E-state index contributed by atoms with van der Waals surface area (Å²) >= 11 is 0. The molecule has 0 aliphatic rings. The zero-order valence-electron chi connectivity index (χ0n) is 16.3. The summed E-state index contributed by atoms with van der Waals surface area (Å²) < 4.78 is 31.6. The van der Waals surface area contributed by atoms with Crippen LogP contribution < -0.4 is 6.15 Å². The van der Waals surface area contributed by atoms with Crippen LogP contribution >= 0.6 is 0 Å². The summed E-state index contributed by atoms with van der Waals surface area (Å²) in [4.78, 5) is 0. The summed E-state index contributed by atoms with van der Waals surface area (Å²) in [6, 6.07) is 0. The molecule has 0 fully saturated rings. The van der Waals surface area contributed by atoms with E-state index in [1.807, 2.05) is 0 Å². The molecule has 0 bridgehead atoms. The minimum absolute atomic E-state index is 0. The highest BCUT2D eigenvalue weighted by Gasteiger charge is 1.94. The summed E-state index contributed by atoms with van der Waals surface area (Å²) in [5.74, 6) is 0. The van der Waals surface area contributed by atoms with Gasteiger partial charge in [-0.1, -0.05) is 103 Å². The van der Waals surface area contributed by atoms with Crippen molar-refractivity contribution in [3.63, 3.8) is 0 Å². The second-order valence-electron chi connectivity index (χ2n) is 6.47. The van der Waals surface area contributed by atoms with Crippen molar-refractivity contribution in [1.82, 2.24) is 6.15 Å². The molecule has 0 heterocycles. The van der Waals surface area contributed by atoms with Crippen LogP contribution in [-0.4, -0.2) is 29.2 Å². The molecule has 0 aromatic carbocycles. The molecule has 0 unspecified atom stereocenters. The van der Waals surface area contributed by atoms with Gasteiger partial charge >= 0.3 is 10.4 Å². The van der Waals surface area contributed by atoms with Gasteiger partial charge in [0.15, 0.2) is 0 Å². The molecule has 0 saturated carbocycles. The van der Waals surface area contributed by atoms with Crippen molar-refractivity contribution in [3.05, 3.63) is 0 Å². The standard InChI is InChI=1S/C18H38O.H3N.H2O4S/c1-2-3-4-5-6-7-8-9-10-11-12-13-14-15-16-17-18-19;;1-5(2,3)4/h19H,2-18H2,1H3;1H3;(H2,1,2,3,4). The van der Waals surface area contributed by atoms with Crippen LogP contribution in [-0.2, 0) is 10.4 Å². The van der Waals surface area contributed by atoms with Crippen molar-refractivity contribution < 1.29 is 22.6 Å². The molecule has 6 N–H and O–H groups in total. The lowest BCUT2D eigenvalue weighted by molar-refractivity contribution is 0.282. The molecule has 25 heavy (non-hydrogen) atoms. The van der Waals surface area contributed by atoms with Crippen LogP contribution in [0.5, 0.6) is 0 Å². The monoisotopic (exact) mass is 385 g/mol. The molecule has 7 heteroatoms. The minimum atomic E-state index is -4.67. The Kier molecular flexibility index (Phi) is 28.1. The zero-order chi connectivity index (χ0) is 18.5. The number of aliphatic hydroxyl groups is 1. The van der Waals surface area contributed by atoms with Gasteiger partial charge in [0.2, 0.25) is 0 Å². The molecule has 0 radical (unpaired) electrons. The summed E-state index contributed by atoms with van der Waals surface area (Å²) in [5.41, 5.74) is 0. The lowest BCUT2D eigenvalue weighted by Crippen LogP contribution is -1.89. The summed E-state index contributed by atoms with van der Waals surface area (Å²) in [7, 11) is -4.67. The maximum absolute atomic E-state index is 8.74. The highest BCUT2D eigenvalue weighted by Crippen LogP contribution is 2.13. The van der Waals surface area contributed by atoms with E-state index in [0.29, 0.717) is 6.61 Å². The molecule has 0 saturated heterocycles. The first-order chi connectivity index (χ1) is 11.4. The highest BCUT2D eigenvalue weighted by atomic mass is 32.3. The second-order valence-corrected chi connectivity index (χ2v) is 7.37. The van der Waals surface area contributed by atoms with Gasteiger partial charge in [-0.15, -0.1) is 0 Å².